The molecule has 1 heterocycles. The van der Waals surface area contributed by atoms with Gasteiger partial charge in [0.25, 0.3) is 0 Å². The Morgan fingerprint density at radius 3 is 2.61 bits per heavy atom. The van der Waals surface area contributed by atoms with Crippen LogP contribution in [0.15, 0.2) is 30.3 Å². The van der Waals surface area contributed by atoms with Crippen molar-refractivity contribution < 1.29 is 19.8 Å². The molecule has 1 aliphatic rings. The minimum absolute atomic E-state index is 0.110. The fourth-order valence-corrected chi connectivity index (χ4v) is 3.35. The van der Waals surface area contributed by atoms with Gasteiger partial charge in [-0.2, -0.15) is 0 Å². The number of piperidine rings is 1. The highest BCUT2D eigenvalue weighted by molar-refractivity contribution is 5.99. The van der Waals surface area contributed by atoms with E-state index in [-0.39, 0.29) is 24.9 Å². The zero-order valence-corrected chi connectivity index (χ0v) is 13.4. The topological polar surface area (TPSA) is 77.8 Å². The van der Waals surface area contributed by atoms with Crippen LogP contribution < -0.4 is 0 Å². The predicted octanol–water partition coefficient (Wildman–Crippen LogP) is 2.20. The molecule has 0 aromatic heterocycles. The summed E-state index contributed by atoms with van der Waals surface area (Å²) in [5.41, 5.74) is 0.564. The summed E-state index contributed by atoms with van der Waals surface area (Å²) in [7, 11) is 0. The van der Waals surface area contributed by atoms with Crippen molar-refractivity contribution in [3.63, 3.8) is 0 Å². The average Bonchev–Trinajstić information content (AvgIpc) is 2.56. The SMILES string of the molecule is O=C(O)CC(CN1CCCCC1CCO)C(=O)c1ccccc1. The Bertz CT molecular complexity index is 515. The molecule has 2 rings (SSSR count). The number of aliphatic hydroxyl groups excluding tert-OH is 1. The van der Waals surface area contributed by atoms with E-state index in [1.807, 2.05) is 6.07 Å². The molecular formula is C18H25NO4. The lowest BCUT2D eigenvalue weighted by Crippen LogP contribution is -2.44. The number of likely N-dealkylation sites (tertiary alicyclic amines) is 1. The highest BCUT2D eigenvalue weighted by Crippen LogP contribution is 2.23. The lowest BCUT2D eigenvalue weighted by molar-refractivity contribution is -0.138. The first-order valence-corrected chi connectivity index (χ1v) is 8.27. The van der Waals surface area contributed by atoms with Crippen molar-refractivity contribution in [3.8, 4) is 0 Å². The molecule has 2 N–H and O–H groups in total. The van der Waals surface area contributed by atoms with Gasteiger partial charge in [-0.3, -0.25) is 14.5 Å². The number of hydrogen-bond acceptors (Lipinski definition) is 4. The van der Waals surface area contributed by atoms with Crippen LogP contribution in [0.3, 0.4) is 0 Å². The molecule has 0 radical (unpaired) electrons. The second kappa shape index (κ2) is 8.79. The van der Waals surface area contributed by atoms with Gasteiger partial charge in [0.2, 0.25) is 0 Å². The van der Waals surface area contributed by atoms with E-state index in [1.165, 1.54) is 0 Å². The zero-order valence-electron chi connectivity index (χ0n) is 13.4. The minimum atomic E-state index is -0.949. The van der Waals surface area contributed by atoms with Crippen LogP contribution in [0.2, 0.25) is 0 Å². The van der Waals surface area contributed by atoms with Gasteiger partial charge >= 0.3 is 5.97 Å². The van der Waals surface area contributed by atoms with Gasteiger partial charge in [-0.25, -0.2) is 0 Å². The molecule has 1 saturated heterocycles. The second-order valence-electron chi connectivity index (χ2n) is 6.18. The van der Waals surface area contributed by atoms with Crippen LogP contribution in [0.25, 0.3) is 0 Å². The van der Waals surface area contributed by atoms with Crippen molar-refractivity contribution in [3.05, 3.63) is 35.9 Å². The molecule has 1 aliphatic heterocycles. The summed E-state index contributed by atoms with van der Waals surface area (Å²) in [5, 5.41) is 18.4. The van der Waals surface area contributed by atoms with E-state index >= 15 is 0 Å². The van der Waals surface area contributed by atoms with E-state index < -0.39 is 11.9 Å². The van der Waals surface area contributed by atoms with Crippen LogP contribution in [0, 0.1) is 5.92 Å². The summed E-state index contributed by atoms with van der Waals surface area (Å²) < 4.78 is 0. The van der Waals surface area contributed by atoms with Gasteiger partial charge in [0.1, 0.15) is 0 Å². The number of aliphatic carboxylic acids is 1. The standard InChI is InChI=1S/C18H25NO4/c20-11-9-16-8-4-5-10-19(16)13-15(12-17(21)22)18(23)14-6-2-1-3-7-14/h1-3,6-7,15-16,20H,4-5,8-13H2,(H,21,22). The number of aliphatic hydroxyl groups is 1. The van der Waals surface area contributed by atoms with Crippen LogP contribution in [0.1, 0.15) is 42.5 Å². The monoisotopic (exact) mass is 319 g/mol. The van der Waals surface area contributed by atoms with Gasteiger partial charge in [0.15, 0.2) is 5.78 Å². The third kappa shape index (κ3) is 5.15. The number of nitrogens with zero attached hydrogens (tertiary/aromatic N) is 1. The first kappa shape index (κ1) is 17.6. The molecule has 126 valence electrons. The van der Waals surface area contributed by atoms with E-state index in [4.69, 9.17) is 5.11 Å². The number of hydrogen-bond donors (Lipinski definition) is 2. The molecule has 0 spiro atoms. The molecular weight excluding hydrogens is 294 g/mol. The van der Waals surface area contributed by atoms with Gasteiger partial charge < -0.3 is 10.2 Å². The number of carboxylic acids is 1. The molecule has 0 saturated carbocycles. The maximum absolute atomic E-state index is 12.7. The first-order valence-electron chi connectivity index (χ1n) is 8.27. The highest BCUT2D eigenvalue weighted by Gasteiger charge is 2.29. The fourth-order valence-electron chi connectivity index (χ4n) is 3.35. The third-order valence-electron chi connectivity index (χ3n) is 4.52. The van der Waals surface area contributed by atoms with Crippen LogP contribution in [-0.4, -0.2) is 52.6 Å². The summed E-state index contributed by atoms with van der Waals surface area (Å²) in [6.07, 6.45) is 3.70. The summed E-state index contributed by atoms with van der Waals surface area (Å²) in [6.45, 7) is 1.44. The lowest BCUT2D eigenvalue weighted by atomic mass is 9.91. The normalized spacial score (nSPS) is 20.1. The molecule has 1 aromatic rings. The van der Waals surface area contributed by atoms with E-state index in [0.29, 0.717) is 18.5 Å². The Labute approximate surface area is 136 Å². The number of carbonyl (C=O) groups excluding carboxylic acids is 1. The quantitative estimate of drug-likeness (QED) is 0.718. The Hall–Kier alpha value is -1.72. The number of carbonyl (C=O) groups is 2. The average molecular weight is 319 g/mol. The number of carboxylic acid groups (broad SMARTS) is 1. The summed E-state index contributed by atoms with van der Waals surface area (Å²) >= 11 is 0. The maximum Gasteiger partial charge on any atom is 0.304 e. The number of rotatable bonds is 8. The molecule has 1 aromatic carbocycles. The van der Waals surface area contributed by atoms with Gasteiger partial charge in [-0.05, 0) is 25.8 Å². The van der Waals surface area contributed by atoms with E-state index in [1.54, 1.807) is 24.3 Å². The molecule has 1 fully saturated rings. The van der Waals surface area contributed by atoms with Gasteiger partial charge in [0, 0.05) is 30.7 Å². The number of benzene rings is 1. The smallest absolute Gasteiger partial charge is 0.304 e. The van der Waals surface area contributed by atoms with Gasteiger partial charge in [-0.1, -0.05) is 36.8 Å². The number of ketones is 1. The first-order chi connectivity index (χ1) is 11.1. The lowest BCUT2D eigenvalue weighted by Gasteiger charge is -2.37. The van der Waals surface area contributed by atoms with Crippen molar-refractivity contribution >= 4 is 11.8 Å². The Morgan fingerprint density at radius 1 is 1.22 bits per heavy atom. The third-order valence-corrected chi connectivity index (χ3v) is 4.52. The van der Waals surface area contributed by atoms with Crippen molar-refractivity contribution in [2.75, 3.05) is 19.7 Å². The molecule has 0 aliphatic carbocycles. The Balaban J connectivity index is 2.11. The maximum atomic E-state index is 12.7. The van der Waals surface area contributed by atoms with Crippen LogP contribution in [0.4, 0.5) is 0 Å². The molecule has 2 atom stereocenters. The summed E-state index contributed by atoms with van der Waals surface area (Å²) in [5.74, 6) is -1.61. The van der Waals surface area contributed by atoms with Gasteiger partial charge in [-0.15, -0.1) is 0 Å². The molecule has 2 unspecified atom stereocenters. The molecule has 23 heavy (non-hydrogen) atoms. The van der Waals surface area contributed by atoms with E-state index in [2.05, 4.69) is 4.90 Å². The van der Waals surface area contributed by atoms with Crippen molar-refractivity contribution in [1.29, 1.82) is 0 Å². The fraction of sp³-hybridized carbons (Fsp3) is 0.556. The minimum Gasteiger partial charge on any atom is -0.481 e. The Morgan fingerprint density at radius 2 is 1.96 bits per heavy atom. The number of Topliss-reactive ketones (excluding diaryl/α,β-unsaturated/α-hetero) is 1. The largest absolute Gasteiger partial charge is 0.481 e. The van der Waals surface area contributed by atoms with Gasteiger partial charge in [0.05, 0.1) is 6.42 Å². The van der Waals surface area contributed by atoms with Crippen molar-refractivity contribution in [2.45, 2.75) is 38.1 Å². The molecule has 5 heteroatoms. The Kier molecular flexibility index (Phi) is 6.74. The molecule has 5 nitrogen and oxygen atoms in total. The van der Waals surface area contributed by atoms with E-state index in [0.717, 1.165) is 25.8 Å². The highest BCUT2D eigenvalue weighted by atomic mass is 16.4. The van der Waals surface area contributed by atoms with Crippen molar-refractivity contribution in [2.24, 2.45) is 5.92 Å². The zero-order chi connectivity index (χ0) is 16.7. The molecule has 0 bridgehead atoms. The van der Waals surface area contributed by atoms with Crippen LogP contribution in [0.5, 0.6) is 0 Å². The molecule has 0 amide bonds. The van der Waals surface area contributed by atoms with E-state index in [9.17, 15) is 14.7 Å². The van der Waals surface area contributed by atoms with Crippen molar-refractivity contribution in [1.82, 2.24) is 4.90 Å². The summed E-state index contributed by atoms with van der Waals surface area (Å²) in [4.78, 5) is 26.1. The predicted molar refractivity (Wildman–Crippen MR) is 87.4 cm³/mol. The summed E-state index contributed by atoms with van der Waals surface area (Å²) in [6, 6.07) is 9.14. The van der Waals surface area contributed by atoms with Crippen LogP contribution in [-0.2, 0) is 4.79 Å². The second-order valence-corrected chi connectivity index (χ2v) is 6.18. The van der Waals surface area contributed by atoms with Crippen LogP contribution >= 0.6 is 0 Å².